The number of nitrogens with zero attached hydrogens (tertiary/aromatic N) is 4. The highest BCUT2D eigenvalue weighted by molar-refractivity contribution is 6.33. The lowest BCUT2D eigenvalue weighted by molar-refractivity contribution is -0.116. The van der Waals surface area contributed by atoms with Gasteiger partial charge < -0.3 is 14.5 Å². The number of ether oxygens (including phenoxy) is 2. The van der Waals surface area contributed by atoms with Crippen molar-refractivity contribution in [1.29, 1.82) is 0 Å². The summed E-state index contributed by atoms with van der Waals surface area (Å²) in [6.07, 6.45) is 9.77. The van der Waals surface area contributed by atoms with Crippen LogP contribution >= 0.6 is 0 Å². The van der Waals surface area contributed by atoms with Gasteiger partial charge in [0, 0.05) is 50.1 Å². The summed E-state index contributed by atoms with van der Waals surface area (Å²) in [5.74, 6) is 0.285. The predicted octanol–water partition coefficient (Wildman–Crippen LogP) is 2.74. The SMILES string of the molecule is COC(C)N(CCc1c(C)[nH]c(/C=C2/C(=O)NN=C2c2cncnc2)c1C1CC1)C(C)OC. The van der Waals surface area contributed by atoms with E-state index in [0.29, 0.717) is 22.8 Å². The standard InChI is InChI=1S/C24H32N6O3/c1-14-19(8-9-30(15(2)32-4)16(3)33-5)22(17-6-7-17)21(27-14)10-20-23(28-29-24(20)31)18-11-25-13-26-12-18/h10-13,15-17,27H,6-9H2,1-5H3,(H,29,31)/b20-10+. The van der Waals surface area contributed by atoms with Crippen LogP contribution in [0.15, 0.2) is 29.4 Å². The van der Waals surface area contributed by atoms with Crippen LogP contribution in [0, 0.1) is 6.92 Å². The summed E-state index contributed by atoms with van der Waals surface area (Å²) in [6, 6.07) is 0. The zero-order valence-electron chi connectivity index (χ0n) is 19.9. The number of aryl methyl sites for hydroxylation is 1. The van der Waals surface area contributed by atoms with Gasteiger partial charge in [0.25, 0.3) is 5.91 Å². The van der Waals surface area contributed by atoms with Crippen LogP contribution in [0.5, 0.6) is 0 Å². The van der Waals surface area contributed by atoms with Crippen molar-refractivity contribution >= 4 is 17.7 Å². The fraction of sp³-hybridized carbons (Fsp3) is 0.500. The molecule has 9 nitrogen and oxygen atoms in total. The van der Waals surface area contributed by atoms with E-state index in [9.17, 15) is 4.79 Å². The number of aromatic nitrogens is 3. The Hall–Kier alpha value is -2.88. The summed E-state index contributed by atoms with van der Waals surface area (Å²) >= 11 is 0. The molecule has 176 valence electrons. The topological polar surface area (TPSA) is 105 Å². The van der Waals surface area contributed by atoms with Crippen LogP contribution in [-0.2, 0) is 20.7 Å². The first kappa shape index (κ1) is 23.3. The maximum atomic E-state index is 12.6. The van der Waals surface area contributed by atoms with E-state index in [0.717, 1.165) is 37.2 Å². The first-order valence-corrected chi connectivity index (χ1v) is 11.3. The Labute approximate surface area is 194 Å². The summed E-state index contributed by atoms with van der Waals surface area (Å²) in [4.78, 5) is 26.5. The minimum Gasteiger partial charge on any atom is -0.367 e. The van der Waals surface area contributed by atoms with Crippen LogP contribution in [0.1, 0.15) is 60.7 Å². The number of hydrogen-bond acceptors (Lipinski definition) is 7. The minimum absolute atomic E-state index is 0.0563. The van der Waals surface area contributed by atoms with Crippen LogP contribution < -0.4 is 5.43 Å². The van der Waals surface area contributed by atoms with Crippen LogP contribution in [0.3, 0.4) is 0 Å². The first-order chi connectivity index (χ1) is 15.9. The molecule has 2 N–H and O–H groups in total. The van der Waals surface area contributed by atoms with Crippen molar-refractivity contribution in [2.45, 2.75) is 58.4 Å². The Morgan fingerprint density at radius 3 is 2.45 bits per heavy atom. The van der Waals surface area contributed by atoms with E-state index in [4.69, 9.17) is 9.47 Å². The predicted molar refractivity (Wildman–Crippen MR) is 126 cm³/mol. The van der Waals surface area contributed by atoms with Gasteiger partial charge in [-0.05, 0) is 63.2 Å². The van der Waals surface area contributed by atoms with Gasteiger partial charge in [0.2, 0.25) is 0 Å². The van der Waals surface area contributed by atoms with Gasteiger partial charge in [0.1, 0.15) is 24.5 Å². The quantitative estimate of drug-likeness (QED) is 0.424. The largest absolute Gasteiger partial charge is 0.367 e. The molecule has 0 spiro atoms. The van der Waals surface area contributed by atoms with Crippen molar-refractivity contribution in [1.82, 2.24) is 25.3 Å². The highest BCUT2D eigenvalue weighted by Gasteiger charge is 2.33. The number of hydrazone groups is 1. The third-order valence-corrected chi connectivity index (χ3v) is 6.50. The van der Waals surface area contributed by atoms with Gasteiger partial charge in [-0.25, -0.2) is 15.4 Å². The molecule has 33 heavy (non-hydrogen) atoms. The number of nitrogens with one attached hydrogen (secondary N) is 2. The number of carbonyl (C=O) groups excluding carboxylic acids is 1. The molecular formula is C24H32N6O3. The number of carbonyl (C=O) groups is 1. The molecule has 2 aromatic heterocycles. The molecule has 0 radical (unpaired) electrons. The number of methoxy groups -OCH3 is 2. The highest BCUT2D eigenvalue weighted by Crippen LogP contribution is 2.45. The summed E-state index contributed by atoms with van der Waals surface area (Å²) < 4.78 is 11.1. The zero-order chi connectivity index (χ0) is 23.5. The molecule has 0 saturated heterocycles. The summed E-state index contributed by atoms with van der Waals surface area (Å²) in [5, 5.41) is 4.22. The molecule has 3 heterocycles. The molecule has 2 aliphatic rings. The first-order valence-electron chi connectivity index (χ1n) is 11.3. The van der Waals surface area contributed by atoms with Gasteiger partial charge in [-0.2, -0.15) is 5.10 Å². The van der Waals surface area contributed by atoms with E-state index in [1.54, 1.807) is 26.6 Å². The van der Waals surface area contributed by atoms with E-state index < -0.39 is 0 Å². The molecule has 1 fully saturated rings. The van der Waals surface area contributed by atoms with E-state index in [2.05, 4.69) is 37.3 Å². The second-order valence-electron chi connectivity index (χ2n) is 8.57. The number of hydrogen-bond donors (Lipinski definition) is 2. The van der Waals surface area contributed by atoms with Gasteiger partial charge in [-0.3, -0.25) is 9.69 Å². The lowest BCUT2D eigenvalue weighted by Crippen LogP contribution is -2.43. The molecule has 0 bridgehead atoms. The van der Waals surface area contributed by atoms with Gasteiger partial charge in [0.15, 0.2) is 0 Å². The van der Waals surface area contributed by atoms with Crippen LogP contribution in [0.2, 0.25) is 0 Å². The average Bonchev–Trinajstić information content (AvgIpc) is 3.54. The lowest BCUT2D eigenvalue weighted by atomic mass is 9.98. The Kier molecular flexibility index (Phi) is 7.02. The third kappa shape index (κ3) is 4.90. The highest BCUT2D eigenvalue weighted by atomic mass is 16.5. The molecule has 2 aromatic rings. The average molecular weight is 453 g/mol. The van der Waals surface area contributed by atoms with Crippen molar-refractivity contribution in [2.24, 2.45) is 5.10 Å². The molecule has 4 rings (SSSR count). The lowest BCUT2D eigenvalue weighted by Gasteiger charge is -2.32. The maximum absolute atomic E-state index is 12.6. The Bertz CT molecular complexity index is 1050. The van der Waals surface area contributed by atoms with E-state index in [-0.39, 0.29) is 18.4 Å². The van der Waals surface area contributed by atoms with E-state index in [1.807, 2.05) is 19.9 Å². The summed E-state index contributed by atoms with van der Waals surface area (Å²) in [6.45, 7) is 6.96. The second-order valence-corrected chi connectivity index (χ2v) is 8.57. The molecule has 2 atom stereocenters. The van der Waals surface area contributed by atoms with Crippen LogP contribution in [0.4, 0.5) is 0 Å². The summed E-state index contributed by atoms with van der Waals surface area (Å²) in [7, 11) is 3.43. The van der Waals surface area contributed by atoms with Crippen molar-refractivity contribution in [3.8, 4) is 0 Å². The van der Waals surface area contributed by atoms with Crippen molar-refractivity contribution < 1.29 is 14.3 Å². The molecular weight excluding hydrogens is 420 g/mol. The number of amides is 1. The van der Waals surface area contributed by atoms with Gasteiger partial charge in [-0.15, -0.1) is 0 Å². The summed E-state index contributed by atoms with van der Waals surface area (Å²) in [5.41, 5.74) is 9.07. The third-order valence-electron chi connectivity index (χ3n) is 6.50. The van der Waals surface area contributed by atoms with Crippen LogP contribution in [0.25, 0.3) is 6.08 Å². The number of aromatic amines is 1. The molecule has 0 aromatic carbocycles. The Morgan fingerprint density at radius 1 is 1.18 bits per heavy atom. The van der Waals surface area contributed by atoms with Crippen molar-refractivity contribution in [3.05, 3.63) is 52.4 Å². The molecule has 1 aliphatic heterocycles. The molecule has 2 unspecified atom stereocenters. The molecule has 1 amide bonds. The van der Waals surface area contributed by atoms with Gasteiger partial charge in [-0.1, -0.05) is 0 Å². The Balaban J connectivity index is 1.65. The smallest absolute Gasteiger partial charge is 0.273 e. The normalized spacial score (nSPS) is 19.2. The van der Waals surface area contributed by atoms with Crippen molar-refractivity contribution in [3.63, 3.8) is 0 Å². The van der Waals surface area contributed by atoms with Crippen LogP contribution in [-0.4, -0.2) is 64.7 Å². The van der Waals surface area contributed by atoms with Gasteiger partial charge >= 0.3 is 0 Å². The number of rotatable bonds is 10. The number of H-pyrrole nitrogens is 1. The maximum Gasteiger partial charge on any atom is 0.273 e. The molecule has 1 saturated carbocycles. The van der Waals surface area contributed by atoms with Gasteiger partial charge in [0.05, 0.1) is 5.57 Å². The van der Waals surface area contributed by atoms with E-state index >= 15 is 0 Å². The molecule has 1 aliphatic carbocycles. The fourth-order valence-corrected chi connectivity index (χ4v) is 4.41. The Morgan fingerprint density at radius 2 is 1.85 bits per heavy atom. The minimum atomic E-state index is -0.224. The second kappa shape index (κ2) is 9.94. The molecule has 9 heteroatoms. The van der Waals surface area contributed by atoms with Crippen molar-refractivity contribution in [2.75, 3.05) is 20.8 Å². The fourth-order valence-electron chi connectivity index (χ4n) is 4.41. The van der Waals surface area contributed by atoms with E-state index in [1.165, 1.54) is 17.5 Å². The monoisotopic (exact) mass is 452 g/mol. The zero-order valence-corrected chi connectivity index (χ0v) is 19.9.